The zero-order chi connectivity index (χ0) is 23.5. The average Bonchev–Trinajstić information content (AvgIpc) is 2.79. The molecule has 10 heteroatoms. The molecule has 1 aromatic heterocycles. The zero-order valence-electron chi connectivity index (χ0n) is 17.7. The highest BCUT2D eigenvalue weighted by atomic mass is 32.2. The molecule has 0 fully saturated rings. The SMILES string of the molecule is Cn1c(SCc2ccccc2F)nc(=O)c2c1NC(=O)C[C@H]2c1ccc(OCC(N)=O)cc1. The number of amides is 2. The van der Waals surface area contributed by atoms with E-state index in [4.69, 9.17) is 10.5 Å². The van der Waals surface area contributed by atoms with Crippen LogP contribution in [0.1, 0.15) is 29.0 Å². The van der Waals surface area contributed by atoms with Gasteiger partial charge in [-0.25, -0.2) is 4.39 Å². The lowest BCUT2D eigenvalue weighted by Crippen LogP contribution is -2.33. The van der Waals surface area contributed by atoms with Crippen LogP contribution in [0.25, 0.3) is 0 Å². The van der Waals surface area contributed by atoms with Crippen LogP contribution in [0, 0.1) is 5.82 Å². The van der Waals surface area contributed by atoms with Gasteiger partial charge >= 0.3 is 0 Å². The van der Waals surface area contributed by atoms with Crippen LogP contribution in [0.15, 0.2) is 58.5 Å². The van der Waals surface area contributed by atoms with Gasteiger partial charge in [0.1, 0.15) is 17.4 Å². The molecule has 1 atom stereocenters. The number of fused-ring (bicyclic) bond motifs is 1. The largest absolute Gasteiger partial charge is 0.484 e. The molecule has 33 heavy (non-hydrogen) atoms. The monoisotopic (exact) mass is 468 g/mol. The number of rotatable bonds is 7. The predicted octanol–water partition coefficient (Wildman–Crippen LogP) is 2.55. The van der Waals surface area contributed by atoms with Crippen molar-refractivity contribution < 1.29 is 18.7 Å². The topological polar surface area (TPSA) is 116 Å². The molecule has 4 rings (SSSR count). The summed E-state index contributed by atoms with van der Waals surface area (Å²) in [6.45, 7) is -0.244. The number of hydrogen-bond donors (Lipinski definition) is 2. The Labute approximate surface area is 193 Å². The molecule has 2 heterocycles. The second-order valence-electron chi connectivity index (χ2n) is 7.53. The number of thioether (sulfide) groups is 1. The highest BCUT2D eigenvalue weighted by molar-refractivity contribution is 7.98. The molecule has 3 aromatic rings. The van der Waals surface area contributed by atoms with Gasteiger partial charge in [-0.3, -0.25) is 14.4 Å². The van der Waals surface area contributed by atoms with Crippen LogP contribution in [0.4, 0.5) is 10.2 Å². The molecular formula is C23H21FN4O4S. The lowest BCUT2D eigenvalue weighted by atomic mass is 9.87. The van der Waals surface area contributed by atoms with E-state index in [2.05, 4.69) is 10.3 Å². The third-order valence-corrected chi connectivity index (χ3v) is 6.36. The summed E-state index contributed by atoms with van der Waals surface area (Å²) in [6, 6.07) is 13.2. The van der Waals surface area contributed by atoms with E-state index in [0.717, 1.165) is 5.56 Å². The van der Waals surface area contributed by atoms with Gasteiger partial charge in [-0.2, -0.15) is 4.98 Å². The maximum atomic E-state index is 14.0. The number of nitrogens with two attached hydrogens (primary N) is 1. The Hall–Kier alpha value is -3.66. The third kappa shape index (κ3) is 4.90. The van der Waals surface area contributed by atoms with E-state index >= 15 is 0 Å². The van der Waals surface area contributed by atoms with Crippen LogP contribution in [0.3, 0.4) is 0 Å². The average molecular weight is 469 g/mol. The van der Waals surface area contributed by atoms with Crippen LogP contribution in [-0.4, -0.2) is 28.0 Å². The van der Waals surface area contributed by atoms with Gasteiger partial charge in [-0.1, -0.05) is 42.1 Å². The van der Waals surface area contributed by atoms with Crippen molar-refractivity contribution in [2.45, 2.75) is 23.2 Å². The molecule has 170 valence electrons. The summed E-state index contributed by atoms with van der Waals surface area (Å²) in [4.78, 5) is 40.6. The first-order valence-corrected chi connectivity index (χ1v) is 11.1. The number of ether oxygens (including phenoxy) is 1. The Bertz CT molecular complexity index is 1280. The molecule has 3 N–H and O–H groups in total. The van der Waals surface area contributed by atoms with Gasteiger partial charge in [-0.15, -0.1) is 0 Å². The van der Waals surface area contributed by atoms with Crippen molar-refractivity contribution in [3.63, 3.8) is 0 Å². The molecule has 2 amide bonds. The second-order valence-corrected chi connectivity index (χ2v) is 8.47. The summed E-state index contributed by atoms with van der Waals surface area (Å²) < 4.78 is 20.9. The van der Waals surface area contributed by atoms with Crippen LogP contribution >= 0.6 is 11.8 Å². The maximum absolute atomic E-state index is 14.0. The fourth-order valence-electron chi connectivity index (χ4n) is 3.66. The molecule has 1 aliphatic rings. The van der Waals surface area contributed by atoms with E-state index in [1.54, 1.807) is 54.1 Å². The molecule has 2 aromatic carbocycles. The Balaban J connectivity index is 1.64. The molecule has 8 nitrogen and oxygen atoms in total. The van der Waals surface area contributed by atoms with Crippen LogP contribution in [0.2, 0.25) is 0 Å². The van der Waals surface area contributed by atoms with Crippen LogP contribution < -0.4 is 21.3 Å². The van der Waals surface area contributed by atoms with Crippen molar-refractivity contribution >= 4 is 29.4 Å². The quantitative estimate of drug-likeness (QED) is 0.407. The second kappa shape index (κ2) is 9.45. The molecule has 1 aliphatic heterocycles. The molecule has 0 unspecified atom stereocenters. The Kier molecular flexibility index (Phi) is 6.45. The fraction of sp³-hybridized carbons (Fsp3) is 0.217. The van der Waals surface area contributed by atoms with Crippen molar-refractivity contribution in [2.75, 3.05) is 11.9 Å². The number of nitrogens with zero attached hydrogens (tertiary/aromatic N) is 2. The minimum Gasteiger partial charge on any atom is -0.484 e. The van der Waals surface area contributed by atoms with E-state index in [-0.39, 0.29) is 30.5 Å². The number of carbonyl (C=O) groups excluding carboxylic acids is 2. The van der Waals surface area contributed by atoms with E-state index in [0.29, 0.717) is 27.9 Å². The first kappa shape index (κ1) is 22.5. The number of nitrogens with one attached hydrogen (secondary N) is 1. The molecule has 0 radical (unpaired) electrons. The van der Waals surface area contributed by atoms with Crippen molar-refractivity contribution in [2.24, 2.45) is 12.8 Å². The standard InChI is InChI=1S/C23H21FN4O4S/c1-28-21-20(22(31)27-23(28)33-12-14-4-2-3-5-17(14)24)16(10-19(30)26-21)13-6-8-15(9-7-13)32-11-18(25)29/h2-9,16H,10-12H2,1H3,(H2,25,29)(H,26,30)/t16-/m0/s1. The summed E-state index contributed by atoms with van der Waals surface area (Å²) >= 11 is 1.22. The molecular weight excluding hydrogens is 447 g/mol. The predicted molar refractivity (Wildman–Crippen MR) is 122 cm³/mol. The lowest BCUT2D eigenvalue weighted by molar-refractivity contribution is -0.120. The molecule has 0 saturated carbocycles. The number of halogens is 1. The summed E-state index contributed by atoms with van der Waals surface area (Å²) in [5.41, 5.74) is 6.26. The van der Waals surface area contributed by atoms with Gasteiger partial charge in [0, 0.05) is 25.1 Å². The molecule has 0 aliphatic carbocycles. The highest BCUT2D eigenvalue weighted by Gasteiger charge is 2.32. The lowest BCUT2D eigenvalue weighted by Gasteiger charge is -2.27. The normalized spacial score (nSPS) is 15.0. The van der Waals surface area contributed by atoms with Gasteiger partial charge in [0.15, 0.2) is 11.8 Å². The first-order chi connectivity index (χ1) is 15.8. The summed E-state index contributed by atoms with van der Waals surface area (Å²) in [7, 11) is 1.71. The van der Waals surface area contributed by atoms with Gasteiger partial charge in [0.05, 0.1) is 5.56 Å². The zero-order valence-corrected chi connectivity index (χ0v) is 18.5. The van der Waals surface area contributed by atoms with Gasteiger partial charge in [0.25, 0.3) is 11.5 Å². The van der Waals surface area contributed by atoms with E-state index in [9.17, 15) is 18.8 Å². The summed E-state index contributed by atoms with van der Waals surface area (Å²) in [5.74, 6) is -0.524. The van der Waals surface area contributed by atoms with Gasteiger partial charge in [-0.05, 0) is 29.3 Å². The third-order valence-electron chi connectivity index (χ3n) is 5.28. The fourth-order valence-corrected chi connectivity index (χ4v) is 4.61. The Morgan fingerprint density at radius 2 is 1.97 bits per heavy atom. The smallest absolute Gasteiger partial charge is 0.279 e. The molecule has 0 saturated heterocycles. The summed E-state index contributed by atoms with van der Waals surface area (Å²) in [5, 5.41) is 3.16. The van der Waals surface area contributed by atoms with Gasteiger partial charge in [0.2, 0.25) is 5.91 Å². The number of anilines is 1. The van der Waals surface area contributed by atoms with Crippen molar-refractivity contribution in [3.8, 4) is 5.75 Å². The number of benzene rings is 2. The Morgan fingerprint density at radius 1 is 1.24 bits per heavy atom. The van der Waals surface area contributed by atoms with E-state index in [1.807, 2.05) is 0 Å². The Morgan fingerprint density at radius 3 is 2.67 bits per heavy atom. The van der Waals surface area contributed by atoms with E-state index < -0.39 is 17.4 Å². The van der Waals surface area contributed by atoms with Gasteiger partial charge < -0.3 is 20.4 Å². The first-order valence-electron chi connectivity index (χ1n) is 10.1. The molecule has 0 spiro atoms. The van der Waals surface area contributed by atoms with Crippen LogP contribution in [0.5, 0.6) is 5.75 Å². The van der Waals surface area contributed by atoms with Crippen LogP contribution in [-0.2, 0) is 22.4 Å². The number of hydrogen-bond acceptors (Lipinski definition) is 6. The summed E-state index contributed by atoms with van der Waals surface area (Å²) in [6.07, 6.45) is 0.0904. The number of primary amides is 1. The maximum Gasteiger partial charge on any atom is 0.279 e. The van der Waals surface area contributed by atoms with Crippen molar-refractivity contribution in [1.82, 2.24) is 9.55 Å². The highest BCUT2D eigenvalue weighted by Crippen LogP contribution is 2.36. The van der Waals surface area contributed by atoms with E-state index in [1.165, 1.54) is 17.8 Å². The van der Waals surface area contributed by atoms with Crippen molar-refractivity contribution in [1.29, 1.82) is 0 Å². The van der Waals surface area contributed by atoms with Crippen molar-refractivity contribution in [3.05, 3.63) is 81.4 Å². The minimum atomic E-state index is -0.588. The molecule has 0 bridgehead atoms. The minimum absolute atomic E-state index is 0.0904. The number of carbonyl (C=O) groups is 2. The number of aromatic nitrogens is 2.